The molecule has 1 aromatic rings. The quantitative estimate of drug-likeness (QED) is 0.774. The lowest BCUT2D eigenvalue weighted by Gasteiger charge is -2.47. The Balaban J connectivity index is 1.28. The molecule has 3 fully saturated rings. The van der Waals surface area contributed by atoms with Gasteiger partial charge in [0, 0.05) is 32.3 Å². The van der Waals surface area contributed by atoms with Crippen molar-refractivity contribution in [3.8, 4) is 0 Å². The van der Waals surface area contributed by atoms with Crippen LogP contribution in [-0.2, 0) is 20.8 Å². The Hall–Kier alpha value is -1.93. The Morgan fingerprint density at radius 2 is 2.04 bits per heavy atom. The average Bonchev–Trinajstić information content (AvgIpc) is 3.27. The highest BCUT2D eigenvalue weighted by molar-refractivity contribution is 5.93. The zero-order valence-corrected chi connectivity index (χ0v) is 15.2. The van der Waals surface area contributed by atoms with Crippen LogP contribution in [0.15, 0.2) is 12.3 Å². The Labute approximate surface area is 153 Å². The third kappa shape index (κ3) is 3.23. The number of aryl methyl sites for hydroxylation is 1. The number of nitrogens with zero attached hydrogens (tertiary/aromatic N) is 4. The van der Waals surface area contributed by atoms with Gasteiger partial charge in [0.15, 0.2) is 0 Å². The number of amides is 2. The molecule has 1 spiro atoms. The standard InChI is InChI=1S/C18H26N4O4/c1-2-22-15(3-4-19-22)17(24)21-12-18(13-21)10-14(11-26-18)9-16(23)20-5-7-25-8-6-20/h3-4,14H,2,5-13H2,1H3. The Bertz CT molecular complexity index is 676. The monoisotopic (exact) mass is 362 g/mol. The maximum atomic E-state index is 12.6. The van der Waals surface area contributed by atoms with Gasteiger partial charge in [0.05, 0.1) is 32.9 Å². The fraction of sp³-hybridized carbons (Fsp3) is 0.722. The topological polar surface area (TPSA) is 76.9 Å². The minimum atomic E-state index is -0.261. The first-order valence-electron chi connectivity index (χ1n) is 9.41. The number of likely N-dealkylation sites (tertiary alicyclic amines) is 1. The fourth-order valence-electron chi connectivity index (χ4n) is 4.20. The number of carbonyl (C=O) groups is 2. The number of morpholine rings is 1. The number of ether oxygens (including phenoxy) is 2. The lowest BCUT2D eigenvalue weighted by molar-refractivity contribution is -0.136. The smallest absolute Gasteiger partial charge is 0.272 e. The molecule has 4 rings (SSSR count). The summed E-state index contributed by atoms with van der Waals surface area (Å²) in [5.74, 6) is 0.438. The summed E-state index contributed by atoms with van der Waals surface area (Å²) in [6.45, 7) is 7.07. The van der Waals surface area contributed by atoms with Crippen LogP contribution in [0.1, 0.15) is 30.3 Å². The van der Waals surface area contributed by atoms with E-state index in [0.29, 0.717) is 64.7 Å². The van der Waals surface area contributed by atoms with E-state index in [0.717, 1.165) is 6.42 Å². The zero-order chi connectivity index (χ0) is 18.1. The average molecular weight is 362 g/mol. The van der Waals surface area contributed by atoms with E-state index in [4.69, 9.17) is 9.47 Å². The molecule has 0 aromatic carbocycles. The van der Waals surface area contributed by atoms with Gasteiger partial charge in [-0.2, -0.15) is 5.10 Å². The van der Waals surface area contributed by atoms with Gasteiger partial charge in [0.1, 0.15) is 11.3 Å². The number of rotatable bonds is 4. The van der Waals surface area contributed by atoms with Crippen LogP contribution in [-0.4, -0.2) is 83.0 Å². The Kier molecular flexibility index (Phi) is 4.71. The van der Waals surface area contributed by atoms with Gasteiger partial charge in [-0.1, -0.05) is 0 Å². The minimum absolute atomic E-state index is 0.00594. The molecule has 0 radical (unpaired) electrons. The van der Waals surface area contributed by atoms with Crippen molar-refractivity contribution < 1.29 is 19.1 Å². The number of carbonyl (C=O) groups excluding carboxylic acids is 2. The molecular weight excluding hydrogens is 336 g/mol. The molecule has 1 aromatic heterocycles. The highest BCUT2D eigenvalue weighted by atomic mass is 16.5. The van der Waals surface area contributed by atoms with Crippen LogP contribution in [0.3, 0.4) is 0 Å². The first-order chi connectivity index (χ1) is 12.6. The first kappa shape index (κ1) is 17.5. The molecule has 0 saturated carbocycles. The lowest BCUT2D eigenvalue weighted by Crippen LogP contribution is -2.63. The highest BCUT2D eigenvalue weighted by Gasteiger charge is 2.51. The summed E-state index contributed by atoms with van der Waals surface area (Å²) < 4.78 is 13.0. The normalized spacial score (nSPS) is 24.7. The van der Waals surface area contributed by atoms with E-state index >= 15 is 0 Å². The van der Waals surface area contributed by atoms with Crippen molar-refractivity contribution in [1.29, 1.82) is 0 Å². The van der Waals surface area contributed by atoms with Gasteiger partial charge in [0.25, 0.3) is 5.91 Å². The van der Waals surface area contributed by atoms with Gasteiger partial charge in [-0.05, 0) is 25.3 Å². The van der Waals surface area contributed by atoms with E-state index in [-0.39, 0.29) is 23.3 Å². The van der Waals surface area contributed by atoms with Gasteiger partial charge in [0.2, 0.25) is 5.91 Å². The van der Waals surface area contributed by atoms with Gasteiger partial charge in [-0.3, -0.25) is 14.3 Å². The molecule has 8 heteroatoms. The molecule has 0 aliphatic carbocycles. The SMILES string of the molecule is CCn1nccc1C(=O)N1CC2(CC(CC(=O)N3CCOCC3)CO2)C1. The number of aromatic nitrogens is 2. The maximum absolute atomic E-state index is 12.6. The molecule has 0 bridgehead atoms. The van der Waals surface area contributed by atoms with Gasteiger partial charge in [-0.25, -0.2) is 0 Å². The van der Waals surface area contributed by atoms with E-state index in [1.807, 2.05) is 16.7 Å². The van der Waals surface area contributed by atoms with Crippen LogP contribution in [0.25, 0.3) is 0 Å². The van der Waals surface area contributed by atoms with Crippen LogP contribution in [0, 0.1) is 5.92 Å². The molecule has 3 aliphatic rings. The van der Waals surface area contributed by atoms with Crippen LogP contribution < -0.4 is 0 Å². The summed E-state index contributed by atoms with van der Waals surface area (Å²) in [7, 11) is 0. The van der Waals surface area contributed by atoms with E-state index in [1.54, 1.807) is 16.9 Å². The van der Waals surface area contributed by atoms with E-state index in [9.17, 15) is 9.59 Å². The third-order valence-corrected chi connectivity index (χ3v) is 5.59. The van der Waals surface area contributed by atoms with Crippen LogP contribution >= 0.6 is 0 Å². The van der Waals surface area contributed by atoms with Crippen molar-refractivity contribution in [2.75, 3.05) is 46.0 Å². The molecule has 1 atom stereocenters. The molecule has 2 amide bonds. The van der Waals surface area contributed by atoms with Gasteiger partial charge in [-0.15, -0.1) is 0 Å². The van der Waals surface area contributed by atoms with Gasteiger partial charge >= 0.3 is 0 Å². The van der Waals surface area contributed by atoms with E-state index in [1.165, 1.54) is 0 Å². The molecule has 4 heterocycles. The number of hydrogen-bond donors (Lipinski definition) is 0. The second-order valence-electron chi connectivity index (χ2n) is 7.45. The minimum Gasteiger partial charge on any atom is -0.378 e. The summed E-state index contributed by atoms with van der Waals surface area (Å²) >= 11 is 0. The summed E-state index contributed by atoms with van der Waals surface area (Å²) in [6.07, 6.45) is 3.03. The first-order valence-corrected chi connectivity index (χ1v) is 9.41. The molecule has 142 valence electrons. The molecule has 3 aliphatic heterocycles. The van der Waals surface area contributed by atoms with Crippen molar-refractivity contribution in [2.24, 2.45) is 5.92 Å². The second kappa shape index (κ2) is 7.00. The van der Waals surface area contributed by atoms with Gasteiger partial charge < -0.3 is 19.3 Å². The van der Waals surface area contributed by atoms with Crippen LogP contribution in [0.2, 0.25) is 0 Å². The summed E-state index contributed by atoms with van der Waals surface area (Å²) in [6, 6.07) is 1.76. The van der Waals surface area contributed by atoms with Crippen LogP contribution in [0.4, 0.5) is 0 Å². The van der Waals surface area contributed by atoms with Crippen molar-refractivity contribution in [3.63, 3.8) is 0 Å². The molecule has 1 unspecified atom stereocenters. The predicted octanol–water partition coefficient (Wildman–Crippen LogP) is 0.383. The third-order valence-electron chi connectivity index (χ3n) is 5.59. The Morgan fingerprint density at radius 3 is 2.77 bits per heavy atom. The summed E-state index contributed by atoms with van der Waals surface area (Å²) in [5.41, 5.74) is 0.363. The largest absolute Gasteiger partial charge is 0.378 e. The molecule has 26 heavy (non-hydrogen) atoms. The highest BCUT2D eigenvalue weighted by Crippen LogP contribution is 2.39. The van der Waals surface area contributed by atoms with E-state index in [2.05, 4.69) is 5.10 Å². The van der Waals surface area contributed by atoms with Crippen molar-refractivity contribution in [1.82, 2.24) is 19.6 Å². The Morgan fingerprint density at radius 1 is 1.27 bits per heavy atom. The molecular formula is C18H26N4O4. The van der Waals surface area contributed by atoms with Crippen molar-refractivity contribution in [2.45, 2.75) is 31.9 Å². The molecule has 3 saturated heterocycles. The van der Waals surface area contributed by atoms with Crippen molar-refractivity contribution >= 4 is 11.8 Å². The number of hydrogen-bond acceptors (Lipinski definition) is 5. The van der Waals surface area contributed by atoms with E-state index < -0.39 is 0 Å². The second-order valence-corrected chi connectivity index (χ2v) is 7.45. The zero-order valence-electron chi connectivity index (χ0n) is 15.2. The molecule has 0 N–H and O–H groups in total. The van der Waals surface area contributed by atoms with Crippen LogP contribution in [0.5, 0.6) is 0 Å². The summed E-state index contributed by atoms with van der Waals surface area (Å²) in [4.78, 5) is 28.7. The fourth-order valence-corrected chi connectivity index (χ4v) is 4.20. The predicted molar refractivity (Wildman–Crippen MR) is 92.6 cm³/mol. The summed E-state index contributed by atoms with van der Waals surface area (Å²) in [5, 5.41) is 4.16. The molecule has 8 nitrogen and oxygen atoms in total. The van der Waals surface area contributed by atoms with Crippen molar-refractivity contribution in [3.05, 3.63) is 18.0 Å². The maximum Gasteiger partial charge on any atom is 0.272 e. The lowest BCUT2D eigenvalue weighted by atomic mass is 9.85.